The zero-order valence-corrected chi connectivity index (χ0v) is 11.5. The highest BCUT2D eigenvalue weighted by atomic mass is 16.5. The van der Waals surface area contributed by atoms with Gasteiger partial charge in [-0.05, 0) is 25.0 Å². The van der Waals surface area contributed by atoms with Crippen LogP contribution in [0.2, 0.25) is 0 Å². The van der Waals surface area contributed by atoms with E-state index in [-0.39, 0.29) is 11.9 Å². The lowest BCUT2D eigenvalue weighted by molar-refractivity contribution is 0.0946. The van der Waals surface area contributed by atoms with E-state index in [1.165, 1.54) is 0 Å². The zero-order chi connectivity index (χ0) is 13.7. The van der Waals surface area contributed by atoms with Crippen molar-refractivity contribution in [2.45, 2.75) is 26.8 Å². The van der Waals surface area contributed by atoms with E-state index in [0.717, 1.165) is 5.56 Å². The molecule has 1 aromatic carbocycles. The van der Waals surface area contributed by atoms with Gasteiger partial charge in [0.15, 0.2) is 0 Å². The highest BCUT2D eigenvalue weighted by Gasteiger charge is 2.14. The van der Waals surface area contributed by atoms with Gasteiger partial charge in [0.1, 0.15) is 5.75 Å². The number of aryl methyl sites for hydroxylation is 1. The molecule has 1 amide bonds. The normalized spacial score (nSPS) is 12.3. The van der Waals surface area contributed by atoms with Crippen molar-refractivity contribution in [2.24, 2.45) is 11.7 Å². The molecular formula is C14H22N2O2. The average molecular weight is 250 g/mol. The van der Waals surface area contributed by atoms with E-state index in [0.29, 0.717) is 23.8 Å². The first-order valence-corrected chi connectivity index (χ1v) is 6.14. The Kier molecular flexibility index (Phi) is 5.16. The predicted octanol–water partition coefficient (Wildman–Crippen LogP) is 1.72. The van der Waals surface area contributed by atoms with E-state index in [1.807, 2.05) is 32.9 Å². The molecule has 0 aliphatic rings. The molecule has 0 aromatic heterocycles. The van der Waals surface area contributed by atoms with Crippen LogP contribution in [0.5, 0.6) is 5.75 Å². The molecule has 1 aromatic rings. The number of carbonyl (C=O) groups excluding carboxylic acids is 1. The van der Waals surface area contributed by atoms with Gasteiger partial charge >= 0.3 is 0 Å². The van der Waals surface area contributed by atoms with Crippen molar-refractivity contribution in [3.8, 4) is 5.75 Å². The fourth-order valence-electron chi connectivity index (χ4n) is 1.54. The Hall–Kier alpha value is -1.55. The molecule has 0 saturated heterocycles. The quantitative estimate of drug-likeness (QED) is 0.836. The van der Waals surface area contributed by atoms with Crippen LogP contribution in [0.3, 0.4) is 0 Å². The third kappa shape index (κ3) is 3.74. The minimum atomic E-state index is -0.147. The molecule has 1 unspecified atom stereocenters. The van der Waals surface area contributed by atoms with Crippen molar-refractivity contribution in [3.05, 3.63) is 29.3 Å². The van der Waals surface area contributed by atoms with E-state index in [2.05, 4.69) is 5.32 Å². The van der Waals surface area contributed by atoms with Crippen molar-refractivity contribution in [1.29, 1.82) is 0 Å². The second-order valence-electron chi connectivity index (χ2n) is 4.82. The zero-order valence-electron chi connectivity index (χ0n) is 11.5. The van der Waals surface area contributed by atoms with E-state index in [4.69, 9.17) is 10.5 Å². The summed E-state index contributed by atoms with van der Waals surface area (Å²) in [6, 6.07) is 5.49. The number of hydrogen-bond donors (Lipinski definition) is 2. The Morgan fingerprint density at radius 1 is 1.44 bits per heavy atom. The summed E-state index contributed by atoms with van der Waals surface area (Å²) < 4.78 is 5.18. The number of nitrogens with one attached hydrogen (secondary N) is 1. The summed E-state index contributed by atoms with van der Waals surface area (Å²) in [4.78, 5) is 12.1. The molecule has 0 aliphatic carbocycles. The molecule has 0 saturated carbocycles. The van der Waals surface area contributed by atoms with Crippen molar-refractivity contribution in [3.63, 3.8) is 0 Å². The van der Waals surface area contributed by atoms with Crippen LogP contribution in [0.4, 0.5) is 0 Å². The Bertz CT molecular complexity index is 416. The topological polar surface area (TPSA) is 64.3 Å². The van der Waals surface area contributed by atoms with Crippen LogP contribution < -0.4 is 15.8 Å². The van der Waals surface area contributed by atoms with Crippen LogP contribution in [0.1, 0.15) is 29.8 Å². The highest BCUT2D eigenvalue weighted by Crippen LogP contribution is 2.19. The molecule has 1 rings (SSSR count). The summed E-state index contributed by atoms with van der Waals surface area (Å²) in [5.41, 5.74) is 7.47. The Balaban J connectivity index is 2.75. The predicted molar refractivity (Wildman–Crippen MR) is 72.9 cm³/mol. The summed E-state index contributed by atoms with van der Waals surface area (Å²) in [6.45, 7) is 6.47. The van der Waals surface area contributed by atoms with Gasteiger partial charge < -0.3 is 15.8 Å². The van der Waals surface area contributed by atoms with Crippen LogP contribution >= 0.6 is 0 Å². The van der Waals surface area contributed by atoms with Crippen LogP contribution in [-0.2, 0) is 0 Å². The second kappa shape index (κ2) is 6.40. The lowest BCUT2D eigenvalue weighted by Gasteiger charge is -2.17. The average Bonchev–Trinajstić information content (AvgIpc) is 2.35. The van der Waals surface area contributed by atoms with Gasteiger partial charge in [0.2, 0.25) is 0 Å². The van der Waals surface area contributed by atoms with Crippen LogP contribution in [0.15, 0.2) is 18.2 Å². The summed E-state index contributed by atoms with van der Waals surface area (Å²) in [5, 5.41) is 2.84. The number of benzene rings is 1. The largest absolute Gasteiger partial charge is 0.496 e. The molecule has 0 aliphatic heterocycles. The van der Waals surface area contributed by atoms with Crippen molar-refractivity contribution in [2.75, 3.05) is 13.7 Å². The smallest absolute Gasteiger partial charge is 0.255 e. The number of ether oxygens (including phenoxy) is 1. The Labute approximate surface area is 109 Å². The first-order valence-electron chi connectivity index (χ1n) is 6.14. The minimum Gasteiger partial charge on any atom is -0.496 e. The van der Waals surface area contributed by atoms with Gasteiger partial charge in [0.05, 0.1) is 12.7 Å². The number of nitrogens with two attached hydrogens (primary N) is 1. The van der Waals surface area contributed by atoms with Gasteiger partial charge in [-0.2, -0.15) is 0 Å². The maximum atomic E-state index is 12.1. The Morgan fingerprint density at radius 3 is 2.67 bits per heavy atom. The highest BCUT2D eigenvalue weighted by molar-refractivity contribution is 5.97. The van der Waals surface area contributed by atoms with Gasteiger partial charge in [-0.3, -0.25) is 4.79 Å². The summed E-state index contributed by atoms with van der Waals surface area (Å²) in [6.07, 6.45) is 0. The maximum absolute atomic E-state index is 12.1. The fraction of sp³-hybridized carbons (Fsp3) is 0.500. The molecule has 3 N–H and O–H groups in total. The minimum absolute atomic E-state index is 0.0373. The van der Waals surface area contributed by atoms with Crippen LogP contribution in [0.25, 0.3) is 0 Å². The number of carbonyl (C=O) groups is 1. The van der Waals surface area contributed by atoms with E-state index in [9.17, 15) is 4.79 Å². The van der Waals surface area contributed by atoms with Crippen molar-refractivity contribution in [1.82, 2.24) is 5.32 Å². The van der Waals surface area contributed by atoms with Gasteiger partial charge in [-0.1, -0.05) is 25.5 Å². The Morgan fingerprint density at radius 2 is 2.11 bits per heavy atom. The molecule has 100 valence electrons. The summed E-state index contributed by atoms with van der Waals surface area (Å²) in [5.74, 6) is 0.771. The first kappa shape index (κ1) is 14.5. The fourth-order valence-corrected chi connectivity index (χ4v) is 1.54. The number of methoxy groups -OCH3 is 1. The molecule has 4 nitrogen and oxygen atoms in total. The third-order valence-electron chi connectivity index (χ3n) is 2.95. The lowest BCUT2D eigenvalue weighted by Crippen LogP contribution is -2.40. The number of amides is 1. The van der Waals surface area contributed by atoms with Crippen molar-refractivity contribution >= 4 is 5.91 Å². The monoisotopic (exact) mass is 250 g/mol. The first-order chi connectivity index (χ1) is 8.45. The number of rotatable bonds is 5. The maximum Gasteiger partial charge on any atom is 0.255 e. The van der Waals surface area contributed by atoms with Crippen LogP contribution in [-0.4, -0.2) is 25.6 Å². The number of hydrogen-bond acceptors (Lipinski definition) is 3. The molecule has 18 heavy (non-hydrogen) atoms. The summed E-state index contributed by atoms with van der Waals surface area (Å²) >= 11 is 0. The van der Waals surface area contributed by atoms with Crippen molar-refractivity contribution < 1.29 is 9.53 Å². The molecule has 1 atom stereocenters. The lowest BCUT2D eigenvalue weighted by atomic mass is 10.1. The second-order valence-corrected chi connectivity index (χ2v) is 4.82. The molecule has 0 fully saturated rings. The van der Waals surface area contributed by atoms with Gasteiger partial charge in [-0.25, -0.2) is 0 Å². The van der Waals surface area contributed by atoms with Gasteiger partial charge in [-0.15, -0.1) is 0 Å². The molecule has 0 radical (unpaired) electrons. The molecule has 4 heteroatoms. The third-order valence-corrected chi connectivity index (χ3v) is 2.95. The van der Waals surface area contributed by atoms with E-state index in [1.54, 1.807) is 13.2 Å². The summed E-state index contributed by atoms with van der Waals surface area (Å²) in [7, 11) is 1.56. The molecule has 0 bridgehead atoms. The molecular weight excluding hydrogens is 228 g/mol. The van der Waals surface area contributed by atoms with Gasteiger partial charge in [0.25, 0.3) is 5.91 Å². The molecule has 0 heterocycles. The van der Waals surface area contributed by atoms with Crippen LogP contribution in [0, 0.1) is 12.8 Å². The molecule has 0 spiro atoms. The SMILES string of the molecule is COc1ccc(C)cc1C(=O)NCC(N)C(C)C. The van der Waals surface area contributed by atoms with Gasteiger partial charge in [0, 0.05) is 12.6 Å². The standard InChI is InChI=1S/C14H22N2O2/c1-9(2)12(15)8-16-14(17)11-7-10(3)5-6-13(11)18-4/h5-7,9,12H,8,15H2,1-4H3,(H,16,17). The van der Waals surface area contributed by atoms with E-state index >= 15 is 0 Å². The van der Waals surface area contributed by atoms with E-state index < -0.39 is 0 Å².